The lowest BCUT2D eigenvalue weighted by molar-refractivity contribution is 0.0273. The van der Waals surface area contributed by atoms with E-state index in [9.17, 15) is 9.50 Å². The van der Waals surface area contributed by atoms with Gasteiger partial charge in [-0.15, -0.1) is 5.10 Å². The smallest absolute Gasteiger partial charge is 0.127 e. The van der Waals surface area contributed by atoms with Crippen molar-refractivity contribution >= 4 is 0 Å². The summed E-state index contributed by atoms with van der Waals surface area (Å²) >= 11 is 0. The van der Waals surface area contributed by atoms with Crippen LogP contribution in [0.5, 0.6) is 0 Å². The van der Waals surface area contributed by atoms with Crippen LogP contribution in [0.4, 0.5) is 4.39 Å². The summed E-state index contributed by atoms with van der Waals surface area (Å²) in [7, 11) is 0. The molecule has 1 N–H and O–H groups in total. The van der Waals surface area contributed by atoms with E-state index in [0.717, 1.165) is 0 Å². The van der Waals surface area contributed by atoms with Gasteiger partial charge in [-0.1, -0.05) is 5.21 Å². The number of benzene rings is 1. The van der Waals surface area contributed by atoms with Gasteiger partial charge in [0.1, 0.15) is 5.82 Å². The molecule has 1 aromatic carbocycles. The molecule has 6 nitrogen and oxygen atoms in total. The number of likely N-dealkylation sites (tertiary alicyclic amines) is 1. The number of β-amino-alcohol motifs (C(OH)–C–C–N with tert-alkyl or cyclic N) is 1. The van der Waals surface area contributed by atoms with E-state index in [2.05, 4.69) is 10.3 Å². The summed E-state index contributed by atoms with van der Waals surface area (Å²) < 4.78 is 15.4. The van der Waals surface area contributed by atoms with Crippen LogP contribution in [0.25, 0.3) is 0 Å². The number of nitriles is 1. The van der Waals surface area contributed by atoms with E-state index in [1.165, 1.54) is 12.1 Å². The Morgan fingerprint density at radius 1 is 1.45 bits per heavy atom. The number of halogens is 1. The van der Waals surface area contributed by atoms with E-state index in [4.69, 9.17) is 5.26 Å². The van der Waals surface area contributed by atoms with Gasteiger partial charge < -0.3 is 5.11 Å². The lowest BCUT2D eigenvalue weighted by Crippen LogP contribution is -2.37. The van der Waals surface area contributed by atoms with Crippen LogP contribution in [0.2, 0.25) is 0 Å². The van der Waals surface area contributed by atoms with Gasteiger partial charge >= 0.3 is 0 Å². The zero-order valence-electron chi connectivity index (χ0n) is 12.0. The minimum atomic E-state index is -0.892. The molecule has 22 heavy (non-hydrogen) atoms. The zero-order valence-corrected chi connectivity index (χ0v) is 12.0. The Bertz CT molecular complexity index is 696. The largest absolute Gasteiger partial charge is 0.387 e. The Balaban J connectivity index is 1.67. The summed E-state index contributed by atoms with van der Waals surface area (Å²) in [5, 5.41) is 27.1. The van der Waals surface area contributed by atoms with Crippen LogP contribution in [-0.2, 0) is 13.1 Å². The molecule has 0 saturated carbocycles. The van der Waals surface area contributed by atoms with Crippen LogP contribution in [0, 0.1) is 17.1 Å². The van der Waals surface area contributed by atoms with Gasteiger partial charge in [-0.2, -0.15) is 5.26 Å². The van der Waals surface area contributed by atoms with Crippen molar-refractivity contribution in [1.82, 2.24) is 19.9 Å². The monoisotopic (exact) mass is 301 g/mol. The third-order valence-electron chi connectivity index (χ3n) is 3.91. The molecule has 0 bridgehead atoms. The summed E-state index contributed by atoms with van der Waals surface area (Å²) in [5.74, 6) is -0.328. The van der Waals surface area contributed by atoms with Crippen molar-refractivity contribution < 1.29 is 9.50 Å². The summed E-state index contributed by atoms with van der Waals surface area (Å²) in [4.78, 5) is 1.98. The number of hydrogen-bond acceptors (Lipinski definition) is 5. The predicted octanol–water partition coefficient (Wildman–Crippen LogP) is 0.926. The summed E-state index contributed by atoms with van der Waals surface area (Å²) in [5.41, 5.74) is 0.0225. The van der Waals surface area contributed by atoms with E-state index >= 15 is 0 Å². The van der Waals surface area contributed by atoms with Gasteiger partial charge in [0.15, 0.2) is 0 Å². The first-order chi connectivity index (χ1) is 10.6. The van der Waals surface area contributed by atoms with Crippen LogP contribution < -0.4 is 0 Å². The summed E-state index contributed by atoms with van der Waals surface area (Å²) in [6.45, 7) is 1.84. The number of rotatable bonds is 4. The molecule has 1 fully saturated rings. The predicted molar refractivity (Wildman–Crippen MR) is 76.0 cm³/mol. The Morgan fingerprint density at radius 3 is 3.05 bits per heavy atom. The van der Waals surface area contributed by atoms with Gasteiger partial charge in [0.05, 0.1) is 30.0 Å². The fraction of sp³-hybridized carbons (Fsp3) is 0.400. The molecular weight excluding hydrogens is 285 g/mol. The molecule has 1 saturated heterocycles. The zero-order chi connectivity index (χ0) is 15.6. The van der Waals surface area contributed by atoms with E-state index in [1.807, 2.05) is 11.0 Å². The van der Waals surface area contributed by atoms with Gasteiger partial charge in [0.2, 0.25) is 0 Å². The van der Waals surface area contributed by atoms with Crippen molar-refractivity contribution in [2.24, 2.45) is 0 Å². The molecule has 2 heterocycles. The van der Waals surface area contributed by atoms with Crippen molar-refractivity contribution in [1.29, 1.82) is 5.26 Å². The molecule has 2 aromatic rings. The Morgan fingerprint density at radius 2 is 2.32 bits per heavy atom. The van der Waals surface area contributed by atoms with Crippen molar-refractivity contribution in [3.8, 4) is 6.07 Å². The third kappa shape index (κ3) is 3.13. The van der Waals surface area contributed by atoms with Crippen LogP contribution >= 0.6 is 0 Å². The highest BCUT2D eigenvalue weighted by Gasteiger charge is 2.36. The molecule has 0 radical (unpaired) electrons. The normalized spacial score (nSPS) is 21.9. The van der Waals surface area contributed by atoms with E-state index in [1.54, 1.807) is 23.1 Å². The topological polar surface area (TPSA) is 78.0 Å². The van der Waals surface area contributed by atoms with Crippen molar-refractivity contribution in [2.75, 3.05) is 13.1 Å². The Labute approximate surface area is 127 Å². The number of aromatic nitrogens is 3. The second-order valence-electron chi connectivity index (χ2n) is 5.70. The molecule has 1 aromatic heterocycles. The minimum absolute atomic E-state index is 0.328. The highest BCUT2D eigenvalue weighted by atomic mass is 19.1. The third-order valence-corrected chi connectivity index (χ3v) is 3.91. The van der Waals surface area contributed by atoms with Gasteiger partial charge in [-0.3, -0.25) is 4.90 Å². The van der Waals surface area contributed by atoms with Crippen LogP contribution in [0.15, 0.2) is 30.6 Å². The molecule has 1 atom stereocenters. The molecule has 0 amide bonds. The van der Waals surface area contributed by atoms with E-state index in [-0.39, 0.29) is 5.82 Å². The standard InChI is InChI=1S/C15H16FN5O/c16-14-2-1-12(8-17)7-13(14)9-20-5-3-15(22,10-20)11-21-6-4-18-19-21/h1-2,4,6-7,22H,3,5,9-11H2. The fourth-order valence-electron chi connectivity index (χ4n) is 2.83. The average Bonchev–Trinajstić information content (AvgIpc) is 3.12. The first kappa shape index (κ1) is 14.6. The minimum Gasteiger partial charge on any atom is -0.387 e. The highest BCUT2D eigenvalue weighted by Crippen LogP contribution is 2.25. The van der Waals surface area contributed by atoms with Crippen LogP contribution in [0.1, 0.15) is 17.5 Å². The fourth-order valence-corrected chi connectivity index (χ4v) is 2.83. The molecule has 0 aliphatic carbocycles. The average molecular weight is 301 g/mol. The lowest BCUT2D eigenvalue weighted by Gasteiger charge is -2.23. The molecule has 1 unspecified atom stereocenters. The SMILES string of the molecule is N#Cc1ccc(F)c(CN2CCC(O)(Cn3ccnn3)C2)c1. The molecule has 114 valence electrons. The second kappa shape index (κ2) is 5.83. The first-order valence-corrected chi connectivity index (χ1v) is 7.05. The number of hydrogen-bond donors (Lipinski definition) is 1. The maximum atomic E-state index is 13.8. The van der Waals surface area contributed by atoms with E-state index < -0.39 is 5.60 Å². The van der Waals surface area contributed by atoms with Crippen molar-refractivity contribution in [2.45, 2.75) is 25.1 Å². The summed E-state index contributed by atoms with van der Waals surface area (Å²) in [6.07, 6.45) is 3.86. The van der Waals surface area contributed by atoms with Crippen LogP contribution in [-0.4, -0.2) is 43.7 Å². The molecule has 0 spiro atoms. The number of nitrogens with zero attached hydrogens (tertiary/aromatic N) is 5. The lowest BCUT2D eigenvalue weighted by atomic mass is 10.0. The molecular formula is C15H16FN5O. The van der Waals surface area contributed by atoms with Crippen molar-refractivity contribution in [3.05, 3.63) is 47.5 Å². The van der Waals surface area contributed by atoms with Gasteiger partial charge in [-0.25, -0.2) is 9.07 Å². The quantitative estimate of drug-likeness (QED) is 0.909. The van der Waals surface area contributed by atoms with Crippen LogP contribution in [0.3, 0.4) is 0 Å². The number of aliphatic hydroxyl groups is 1. The molecule has 7 heteroatoms. The second-order valence-corrected chi connectivity index (χ2v) is 5.70. The highest BCUT2D eigenvalue weighted by molar-refractivity contribution is 5.33. The Hall–Kier alpha value is -2.30. The van der Waals surface area contributed by atoms with Gasteiger partial charge in [0, 0.05) is 31.4 Å². The maximum Gasteiger partial charge on any atom is 0.127 e. The Kier molecular flexibility index (Phi) is 3.88. The first-order valence-electron chi connectivity index (χ1n) is 7.05. The van der Waals surface area contributed by atoms with Crippen molar-refractivity contribution in [3.63, 3.8) is 0 Å². The van der Waals surface area contributed by atoms with Gasteiger partial charge in [0.25, 0.3) is 0 Å². The molecule has 1 aliphatic heterocycles. The summed E-state index contributed by atoms with van der Waals surface area (Å²) in [6, 6.07) is 6.35. The molecule has 1 aliphatic rings. The maximum absolute atomic E-state index is 13.8. The molecule has 3 rings (SSSR count). The van der Waals surface area contributed by atoms with E-state index in [0.29, 0.717) is 43.7 Å². The van der Waals surface area contributed by atoms with Gasteiger partial charge in [-0.05, 0) is 24.6 Å².